The van der Waals surface area contributed by atoms with Crippen LogP contribution in [0.5, 0.6) is 0 Å². The quantitative estimate of drug-likeness (QED) is 0.752. The molecule has 1 aliphatic rings. The normalized spacial score (nSPS) is 19.4. The molecule has 0 saturated carbocycles. The van der Waals surface area contributed by atoms with E-state index in [-0.39, 0.29) is 38.0 Å². The molecule has 0 aromatic rings. The molecule has 1 fully saturated rings. The topological polar surface area (TPSA) is 75.9 Å². The Morgan fingerprint density at radius 2 is 2.04 bits per heavy atom. The molecule has 0 aromatic heterocycles. The number of hydrogen-bond donors (Lipinski definition) is 1. The number of alkyl halides is 3. The van der Waals surface area contributed by atoms with Crippen molar-refractivity contribution in [1.29, 1.82) is 0 Å². The minimum absolute atomic E-state index is 0. The first-order chi connectivity index (χ1) is 10.7. The second kappa shape index (κ2) is 10.0. The third kappa shape index (κ3) is 6.82. The molecule has 2 atom stereocenters. The Bertz CT molecular complexity index is 424. The van der Waals surface area contributed by atoms with E-state index < -0.39 is 30.6 Å². The van der Waals surface area contributed by atoms with Crippen LogP contribution < -0.4 is 5.73 Å². The number of likely N-dealkylation sites (tertiary alicyclic amines) is 1. The molecule has 0 bridgehead atoms. The van der Waals surface area contributed by atoms with Gasteiger partial charge in [-0.3, -0.25) is 9.59 Å². The van der Waals surface area contributed by atoms with Crippen molar-refractivity contribution in [3.8, 4) is 0 Å². The summed E-state index contributed by atoms with van der Waals surface area (Å²) in [5, 5.41) is 0. The van der Waals surface area contributed by atoms with Crippen LogP contribution in [-0.2, 0) is 14.3 Å². The number of carbonyl (C=O) groups excluding carboxylic acids is 2. The minimum Gasteiger partial charge on any atom is -0.383 e. The van der Waals surface area contributed by atoms with Gasteiger partial charge >= 0.3 is 6.18 Å². The van der Waals surface area contributed by atoms with E-state index in [2.05, 4.69) is 0 Å². The standard InChI is InChI=1S/C14H24F3N3O3.ClH/c1-3-19(9-14(15,16)17)12(21)10-5-4-6-20(7-10)13(22)11(18)8-23-2;/h10-11H,3-9,18H2,1-2H3;1H. The molecule has 0 spiro atoms. The van der Waals surface area contributed by atoms with Gasteiger partial charge in [-0.2, -0.15) is 13.2 Å². The van der Waals surface area contributed by atoms with Crippen LogP contribution in [0.2, 0.25) is 0 Å². The Hall–Kier alpha value is -1.06. The highest BCUT2D eigenvalue weighted by Crippen LogP contribution is 2.22. The molecule has 1 heterocycles. The summed E-state index contributed by atoms with van der Waals surface area (Å²) in [6.07, 6.45) is -3.40. The number of hydrogen-bond acceptors (Lipinski definition) is 4. The smallest absolute Gasteiger partial charge is 0.383 e. The van der Waals surface area contributed by atoms with Crippen LogP contribution in [0.3, 0.4) is 0 Å². The van der Waals surface area contributed by atoms with Crippen molar-refractivity contribution in [2.45, 2.75) is 32.0 Å². The van der Waals surface area contributed by atoms with E-state index in [1.807, 2.05) is 0 Å². The average molecular weight is 376 g/mol. The molecule has 142 valence electrons. The summed E-state index contributed by atoms with van der Waals surface area (Å²) < 4.78 is 42.4. The summed E-state index contributed by atoms with van der Waals surface area (Å²) in [5.41, 5.74) is 5.69. The number of rotatable bonds is 6. The second-order valence-electron chi connectivity index (χ2n) is 5.65. The van der Waals surface area contributed by atoms with Gasteiger partial charge in [0.05, 0.1) is 12.5 Å². The molecule has 2 amide bonds. The van der Waals surface area contributed by atoms with Crippen LogP contribution in [0, 0.1) is 5.92 Å². The zero-order valence-corrected chi connectivity index (χ0v) is 14.7. The van der Waals surface area contributed by atoms with Crippen molar-refractivity contribution >= 4 is 24.2 Å². The lowest BCUT2D eigenvalue weighted by atomic mass is 9.96. The Balaban J connectivity index is 0.00000529. The Labute approximate surface area is 145 Å². The maximum Gasteiger partial charge on any atom is 0.406 e. The van der Waals surface area contributed by atoms with Gasteiger partial charge < -0.3 is 20.3 Å². The molecule has 24 heavy (non-hydrogen) atoms. The van der Waals surface area contributed by atoms with Crippen LogP contribution >= 0.6 is 12.4 Å². The summed E-state index contributed by atoms with van der Waals surface area (Å²) in [6, 6.07) is -0.827. The van der Waals surface area contributed by atoms with E-state index in [1.165, 1.54) is 18.9 Å². The van der Waals surface area contributed by atoms with Crippen LogP contribution in [0.25, 0.3) is 0 Å². The van der Waals surface area contributed by atoms with Crippen molar-refractivity contribution in [2.24, 2.45) is 11.7 Å². The number of carbonyl (C=O) groups is 2. The van der Waals surface area contributed by atoms with Gasteiger partial charge in [-0.15, -0.1) is 12.4 Å². The maximum atomic E-state index is 12.5. The van der Waals surface area contributed by atoms with Gasteiger partial charge in [-0.1, -0.05) is 0 Å². The highest BCUT2D eigenvalue weighted by Gasteiger charge is 2.37. The predicted octanol–water partition coefficient (Wildman–Crippen LogP) is 1.03. The molecule has 0 aliphatic carbocycles. The second-order valence-corrected chi connectivity index (χ2v) is 5.65. The third-order valence-electron chi connectivity index (χ3n) is 3.81. The molecule has 1 saturated heterocycles. The van der Waals surface area contributed by atoms with E-state index in [0.717, 1.165) is 4.90 Å². The average Bonchev–Trinajstić information content (AvgIpc) is 2.50. The van der Waals surface area contributed by atoms with Gasteiger partial charge in [-0.05, 0) is 19.8 Å². The SMILES string of the molecule is CCN(CC(F)(F)F)C(=O)C1CCCN(C(=O)C(N)COC)C1.Cl. The molecule has 2 N–H and O–H groups in total. The fraction of sp³-hybridized carbons (Fsp3) is 0.857. The predicted molar refractivity (Wildman–Crippen MR) is 84.7 cm³/mol. The van der Waals surface area contributed by atoms with Crippen molar-refractivity contribution in [2.75, 3.05) is 39.9 Å². The van der Waals surface area contributed by atoms with Crippen LogP contribution in [0.4, 0.5) is 13.2 Å². The number of amides is 2. The summed E-state index contributed by atoms with van der Waals surface area (Å²) in [5.74, 6) is -1.53. The highest BCUT2D eigenvalue weighted by molar-refractivity contribution is 5.85. The van der Waals surface area contributed by atoms with Gasteiger partial charge in [0.15, 0.2) is 0 Å². The Morgan fingerprint density at radius 3 is 2.54 bits per heavy atom. The molecular formula is C14H25ClF3N3O3. The van der Waals surface area contributed by atoms with Crippen molar-refractivity contribution in [3.63, 3.8) is 0 Å². The molecule has 6 nitrogen and oxygen atoms in total. The first-order valence-electron chi connectivity index (χ1n) is 7.58. The first kappa shape index (κ1) is 22.9. The van der Waals surface area contributed by atoms with Crippen molar-refractivity contribution < 1.29 is 27.5 Å². The summed E-state index contributed by atoms with van der Waals surface area (Å²) in [4.78, 5) is 26.7. The number of nitrogens with two attached hydrogens (primary N) is 1. The van der Waals surface area contributed by atoms with Gasteiger partial charge in [0.1, 0.15) is 12.6 Å². The van der Waals surface area contributed by atoms with Crippen LogP contribution in [0.15, 0.2) is 0 Å². The largest absolute Gasteiger partial charge is 0.406 e. The van der Waals surface area contributed by atoms with Crippen molar-refractivity contribution in [3.05, 3.63) is 0 Å². The highest BCUT2D eigenvalue weighted by atomic mass is 35.5. The molecule has 0 radical (unpaired) electrons. The maximum absolute atomic E-state index is 12.5. The lowest BCUT2D eigenvalue weighted by Crippen LogP contribution is -2.52. The number of halogens is 4. The summed E-state index contributed by atoms with van der Waals surface area (Å²) in [6.45, 7) is 0.823. The third-order valence-corrected chi connectivity index (χ3v) is 3.81. The van der Waals surface area contributed by atoms with Gasteiger partial charge in [0.25, 0.3) is 0 Å². The molecule has 2 unspecified atom stereocenters. The van der Waals surface area contributed by atoms with E-state index in [1.54, 1.807) is 0 Å². The molecule has 0 aromatic carbocycles. The number of ether oxygens (including phenoxy) is 1. The molecular weight excluding hydrogens is 351 g/mol. The lowest BCUT2D eigenvalue weighted by molar-refractivity contribution is -0.165. The zero-order chi connectivity index (χ0) is 17.6. The lowest BCUT2D eigenvalue weighted by Gasteiger charge is -2.36. The fourth-order valence-corrected chi connectivity index (χ4v) is 2.68. The number of methoxy groups -OCH3 is 1. The van der Waals surface area contributed by atoms with E-state index >= 15 is 0 Å². The Morgan fingerprint density at radius 1 is 1.42 bits per heavy atom. The number of piperidine rings is 1. The van der Waals surface area contributed by atoms with Crippen LogP contribution in [0.1, 0.15) is 19.8 Å². The summed E-state index contributed by atoms with van der Waals surface area (Å²) in [7, 11) is 1.42. The van der Waals surface area contributed by atoms with Gasteiger partial charge in [-0.25, -0.2) is 0 Å². The van der Waals surface area contributed by atoms with Crippen molar-refractivity contribution in [1.82, 2.24) is 9.80 Å². The molecule has 10 heteroatoms. The minimum atomic E-state index is -4.43. The first-order valence-corrected chi connectivity index (χ1v) is 7.58. The Kier molecular flexibility index (Phi) is 9.61. The van der Waals surface area contributed by atoms with E-state index in [9.17, 15) is 22.8 Å². The molecule has 1 rings (SSSR count). The zero-order valence-electron chi connectivity index (χ0n) is 13.8. The van der Waals surface area contributed by atoms with Crippen LogP contribution in [-0.4, -0.2) is 73.7 Å². The summed E-state index contributed by atoms with van der Waals surface area (Å²) >= 11 is 0. The van der Waals surface area contributed by atoms with Gasteiger partial charge in [0, 0.05) is 26.7 Å². The van der Waals surface area contributed by atoms with E-state index in [4.69, 9.17) is 10.5 Å². The number of nitrogens with zero attached hydrogens (tertiary/aromatic N) is 2. The monoisotopic (exact) mass is 375 g/mol. The fourth-order valence-electron chi connectivity index (χ4n) is 2.68. The van der Waals surface area contributed by atoms with Gasteiger partial charge in [0.2, 0.25) is 11.8 Å². The molecule has 1 aliphatic heterocycles. The van der Waals surface area contributed by atoms with E-state index in [0.29, 0.717) is 19.4 Å².